The first-order chi connectivity index (χ1) is 7.26. The van der Waals surface area contributed by atoms with Crippen LogP contribution in [0.4, 0.5) is 0 Å². The largest absolute Gasteiger partial charge is 0.374 e. The van der Waals surface area contributed by atoms with Crippen LogP contribution >= 0.6 is 0 Å². The Morgan fingerprint density at radius 3 is 2.33 bits per heavy atom. The molecule has 0 heterocycles. The first-order valence-electron chi connectivity index (χ1n) is 6.60. The van der Waals surface area contributed by atoms with Crippen molar-refractivity contribution >= 4 is 0 Å². The summed E-state index contributed by atoms with van der Waals surface area (Å²) < 4.78 is 5.97. The quantitative estimate of drug-likeness (QED) is 0.736. The molecule has 1 fully saturated rings. The summed E-state index contributed by atoms with van der Waals surface area (Å²) in [5, 5.41) is 0. The van der Waals surface area contributed by atoms with Gasteiger partial charge in [-0.15, -0.1) is 0 Å². The van der Waals surface area contributed by atoms with Crippen LogP contribution in [0.1, 0.15) is 58.8 Å². The molecule has 0 aromatic carbocycles. The van der Waals surface area contributed by atoms with Gasteiger partial charge in [-0.1, -0.05) is 26.7 Å². The lowest BCUT2D eigenvalue weighted by atomic mass is 9.77. The highest BCUT2D eigenvalue weighted by molar-refractivity contribution is 4.88. The fourth-order valence-corrected chi connectivity index (χ4v) is 2.63. The van der Waals surface area contributed by atoms with Crippen molar-refractivity contribution in [1.29, 1.82) is 0 Å². The molecule has 0 aliphatic heterocycles. The lowest BCUT2D eigenvalue weighted by Crippen LogP contribution is -2.44. The molecule has 0 aromatic rings. The molecule has 1 aliphatic carbocycles. The molecule has 0 bridgehead atoms. The van der Waals surface area contributed by atoms with Gasteiger partial charge in [-0.2, -0.15) is 0 Å². The molecule has 0 spiro atoms. The van der Waals surface area contributed by atoms with Crippen LogP contribution in [-0.2, 0) is 4.74 Å². The van der Waals surface area contributed by atoms with E-state index >= 15 is 0 Å². The summed E-state index contributed by atoms with van der Waals surface area (Å²) in [5.74, 6) is 0.930. The molecular weight excluding hydrogens is 186 g/mol. The fraction of sp³-hybridized carbons (Fsp3) is 1.00. The van der Waals surface area contributed by atoms with Crippen LogP contribution < -0.4 is 5.73 Å². The van der Waals surface area contributed by atoms with Crippen molar-refractivity contribution in [1.82, 2.24) is 0 Å². The van der Waals surface area contributed by atoms with Crippen LogP contribution in [0.5, 0.6) is 0 Å². The van der Waals surface area contributed by atoms with E-state index in [1.54, 1.807) is 0 Å². The van der Waals surface area contributed by atoms with Gasteiger partial charge in [0.05, 0.1) is 5.60 Å². The van der Waals surface area contributed by atoms with Gasteiger partial charge in [0, 0.05) is 13.2 Å². The second kappa shape index (κ2) is 6.49. The van der Waals surface area contributed by atoms with Crippen molar-refractivity contribution in [2.75, 3.05) is 13.2 Å². The molecule has 2 N–H and O–H groups in total. The van der Waals surface area contributed by atoms with Crippen LogP contribution in [0.2, 0.25) is 0 Å². The zero-order chi connectivity index (χ0) is 11.1. The molecule has 1 saturated carbocycles. The highest BCUT2D eigenvalue weighted by atomic mass is 16.5. The summed E-state index contributed by atoms with van der Waals surface area (Å²) in [6, 6.07) is 0. The molecule has 0 atom stereocenters. The average molecular weight is 213 g/mol. The third-order valence-electron chi connectivity index (χ3n) is 3.70. The van der Waals surface area contributed by atoms with Crippen molar-refractivity contribution in [3.05, 3.63) is 0 Å². The lowest BCUT2D eigenvalue weighted by Gasteiger charge is -2.39. The van der Waals surface area contributed by atoms with Crippen molar-refractivity contribution in [2.24, 2.45) is 11.7 Å². The second-order valence-corrected chi connectivity index (χ2v) is 4.97. The number of rotatable bonds is 6. The number of nitrogens with two attached hydrogens (primary N) is 1. The first-order valence-corrected chi connectivity index (χ1v) is 6.60. The van der Waals surface area contributed by atoms with Gasteiger partial charge in [0.15, 0.2) is 0 Å². The van der Waals surface area contributed by atoms with Gasteiger partial charge >= 0.3 is 0 Å². The molecule has 1 rings (SSSR count). The van der Waals surface area contributed by atoms with Gasteiger partial charge < -0.3 is 10.5 Å². The zero-order valence-electron chi connectivity index (χ0n) is 10.4. The topological polar surface area (TPSA) is 35.2 Å². The zero-order valence-corrected chi connectivity index (χ0v) is 10.4. The van der Waals surface area contributed by atoms with Crippen LogP contribution in [0.3, 0.4) is 0 Å². The highest BCUT2D eigenvalue weighted by Crippen LogP contribution is 2.36. The van der Waals surface area contributed by atoms with Gasteiger partial charge in [0.1, 0.15) is 0 Å². The SMILES string of the molecule is CCCOC1(CN)CCC(CCC)CC1. The first kappa shape index (κ1) is 13.0. The van der Waals surface area contributed by atoms with Crippen molar-refractivity contribution in [2.45, 2.75) is 64.4 Å². The van der Waals surface area contributed by atoms with E-state index in [0.29, 0.717) is 6.54 Å². The summed E-state index contributed by atoms with van der Waals surface area (Å²) in [7, 11) is 0. The Morgan fingerprint density at radius 2 is 1.87 bits per heavy atom. The van der Waals surface area contributed by atoms with E-state index in [0.717, 1.165) is 18.9 Å². The van der Waals surface area contributed by atoms with E-state index in [9.17, 15) is 0 Å². The van der Waals surface area contributed by atoms with E-state index in [1.807, 2.05) is 0 Å². The molecule has 0 aromatic heterocycles. The monoisotopic (exact) mass is 213 g/mol. The highest BCUT2D eigenvalue weighted by Gasteiger charge is 2.34. The maximum atomic E-state index is 5.97. The van der Waals surface area contributed by atoms with E-state index in [-0.39, 0.29) is 5.60 Å². The Balaban J connectivity index is 2.36. The van der Waals surface area contributed by atoms with Gasteiger partial charge in [0.25, 0.3) is 0 Å². The smallest absolute Gasteiger partial charge is 0.0804 e. The molecule has 90 valence electrons. The van der Waals surface area contributed by atoms with E-state index in [1.165, 1.54) is 38.5 Å². The summed E-state index contributed by atoms with van der Waals surface area (Å²) in [5.41, 5.74) is 5.90. The fourth-order valence-electron chi connectivity index (χ4n) is 2.63. The minimum absolute atomic E-state index is 0.0280. The summed E-state index contributed by atoms with van der Waals surface area (Å²) in [6.45, 7) is 6.01. The second-order valence-electron chi connectivity index (χ2n) is 4.97. The summed E-state index contributed by atoms with van der Waals surface area (Å²) in [6.07, 6.45) is 8.77. The standard InChI is InChI=1S/C13H27NO/c1-3-5-12-6-8-13(11-14,9-7-12)15-10-4-2/h12H,3-11,14H2,1-2H3. The third kappa shape index (κ3) is 3.76. The normalized spacial score (nSPS) is 31.8. The molecule has 15 heavy (non-hydrogen) atoms. The number of hydrogen-bond acceptors (Lipinski definition) is 2. The maximum Gasteiger partial charge on any atom is 0.0804 e. The van der Waals surface area contributed by atoms with Crippen molar-refractivity contribution in [3.63, 3.8) is 0 Å². The van der Waals surface area contributed by atoms with Crippen LogP contribution in [0.25, 0.3) is 0 Å². The molecular formula is C13H27NO. The Hall–Kier alpha value is -0.0800. The molecule has 2 nitrogen and oxygen atoms in total. The van der Waals surface area contributed by atoms with Crippen molar-refractivity contribution in [3.8, 4) is 0 Å². The Morgan fingerprint density at radius 1 is 1.20 bits per heavy atom. The third-order valence-corrected chi connectivity index (χ3v) is 3.70. The predicted molar refractivity (Wildman–Crippen MR) is 64.9 cm³/mol. The molecule has 2 heteroatoms. The van der Waals surface area contributed by atoms with Gasteiger partial charge in [-0.05, 0) is 38.0 Å². The molecule has 0 saturated heterocycles. The minimum Gasteiger partial charge on any atom is -0.374 e. The van der Waals surface area contributed by atoms with E-state index < -0.39 is 0 Å². The molecule has 1 aliphatic rings. The molecule has 0 radical (unpaired) electrons. The lowest BCUT2D eigenvalue weighted by molar-refractivity contribution is -0.0715. The molecule has 0 amide bonds. The van der Waals surface area contributed by atoms with Gasteiger partial charge in [0.2, 0.25) is 0 Å². The van der Waals surface area contributed by atoms with Crippen LogP contribution in [0.15, 0.2) is 0 Å². The Labute approximate surface area is 94.6 Å². The van der Waals surface area contributed by atoms with Gasteiger partial charge in [-0.3, -0.25) is 0 Å². The maximum absolute atomic E-state index is 5.97. The van der Waals surface area contributed by atoms with Crippen LogP contribution in [0, 0.1) is 5.92 Å². The van der Waals surface area contributed by atoms with Gasteiger partial charge in [-0.25, -0.2) is 0 Å². The Bertz CT molecular complexity index is 162. The molecule has 0 unspecified atom stereocenters. The van der Waals surface area contributed by atoms with Crippen molar-refractivity contribution < 1.29 is 4.74 Å². The Kier molecular flexibility index (Phi) is 5.62. The number of hydrogen-bond donors (Lipinski definition) is 1. The average Bonchev–Trinajstić information content (AvgIpc) is 2.29. The van der Waals surface area contributed by atoms with E-state index in [2.05, 4.69) is 13.8 Å². The number of ether oxygens (including phenoxy) is 1. The van der Waals surface area contributed by atoms with Crippen LogP contribution in [-0.4, -0.2) is 18.8 Å². The minimum atomic E-state index is 0.0280. The predicted octanol–water partition coefficient (Wildman–Crippen LogP) is 3.10. The van der Waals surface area contributed by atoms with E-state index in [4.69, 9.17) is 10.5 Å². The summed E-state index contributed by atoms with van der Waals surface area (Å²) >= 11 is 0. The summed E-state index contributed by atoms with van der Waals surface area (Å²) in [4.78, 5) is 0.